The minimum atomic E-state index is -1.19. The molecule has 31 heavy (non-hydrogen) atoms. The summed E-state index contributed by atoms with van der Waals surface area (Å²) in [7, 11) is 0. The smallest absolute Gasteiger partial charge is 0.337 e. The molecular weight excluding hydrogens is 444 g/mol. The Hall–Kier alpha value is -3.04. The Bertz CT molecular complexity index is 998. The molecule has 2 aromatic rings. The van der Waals surface area contributed by atoms with Gasteiger partial charge in [-0.25, -0.2) is 4.79 Å². The summed E-state index contributed by atoms with van der Waals surface area (Å²) in [5.41, 5.74) is 0.719. The zero-order valence-corrected chi connectivity index (χ0v) is 18.1. The molecule has 4 N–H and O–H groups in total. The van der Waals surface area contributed by atoms with Crippen LogP contribution in [-0.2, 0) is 14.4 Å². The van der Waals surface area contributed by atoms with Crippen molar-refractivity contribution >= 4 is 58.5 Å². The highest BCUT2D eigenvalue weighted by Crippen LogP contribution is 2.29. The Morgan fingerprint density at radius 3 is 2.35 bits per heavy atom. The van der Waals surface area contributed by atoms with E-state index >= 15 is 0 Å². The van der Waals surface area contributed by atoms with E-state index in [0.717, 1.165) is 4.90 Å². The number of carbonyl (C=O) groups excluding carboxylic acids is 2. The lowest BCUT2D eigenvalue weighted by Crippen LogP contribution is -2.24. The van der Waals surface area contributed by atoms with Gasteiger partial charge in [0, 0.05) is 22.7 Å². The zero-order valence-electron chi connectivity index (χ0n) is 16.6. The number of amides is 2. The molecule has 8 nitrogen and oxygen atoms in total. The first-order chi connectivity index (χ1) is 14.7. The van der Waals surface area contributed by atoms with Crippen LogP contribution in [0.5, 0.6) is 0 Å². The lowest BCUT2D eigenvalue weighted by atomic mass is 10.2. The van der Waals surface area contributed by atoms with Gasteiger partial charge >= 0.3 is 11.9 Å². The standard InChI is InChI=1S/C21H21ClN2O6S/c1-2-17(20(28)24-13-6-7-16(22)15(11-13)21(29)30)31-14-5-3-4-12(10-14)23-18(25)8-9-19(26)27/h3-7,10-11,17H,2,8-9H2,1H3,(H,23,25)(H,24,28)(H,26,27)(H,29,30). The zero-order chi connectivity index (χ0) is 23.0. The lowest BCUT2D eigenvalue weighted by Gasteiger charge is -2.16. The Kier molecular flexibility index (Phi) is 8.89. The minimum absolute atomic E-state index is 0.0779. The van der Waals surface area contributed by atoms with E-state index in [0.29, 0.717) is 17.8 Å². The molecule has 0 fully saturated rings. The molecule has 0 aliphatic carbocycles. The second kappa shape index (κ2) is 11.4. The highest BCUT2D eigenvalue weighted by atomic mass is 35.5. The highest BCUT2D eigenvalue weighted by molar-refractivity contribution is 8.00. The number of nitrogens with one attached hydrogen (secondary N) is 2. The predicted octanol–water partition coefficient (Wildman–Crippen LogP) is 4.35. The Labute approximate surface area is 188 Å². The van der Waals surface area contributed by atoms with Crippen LogP contribution in [0.1, 0.15) is 36.5 Å². The summed E-state index contributed by atoms with van der Waals surface area (Å²) in [6.45, 7) is 1.85. The normalized spacial score (nSPS) is 11.4. The van der Waals surface area contributed by atoms with Crippen LogP contribution in [0.3, 0.4) is 0 Å². The summed E-state index contributed by atoms with van der Waals surface area (Å²) in [6, 6.07) is 11.1. The van der Waals surface area contributed by atoms with E-state index in [1.54, 1.807) is 24.3 Å². The molecule has 0 bridgehead atoms. The number of halogens is 1. The number of benzene rings is 2. The molecule has 0 heterocycles. The van der Waals surface area contributed by atoms with Gasteiger partial charge in [-0.3, -0.25) is 14.4 Å². The molecule has 0 aliphatic rings. The summed E-state index contributed by atoms with van der Waals surface area (Å²) in [5.74, 6) is -2.95. The SMILES string of the molecule is CCC(Sc1cccc(NC(=O)CCC(=O)O)c1)C(=O)Nc1ccc(Cl)c(C(=O)O)c1. The predicted molar refractivity (Wildman–Crippen MR) is 119 cm³/mol. The molecule has 2 rings (SSSR count). The summed E-state index contributed by atoms with van der Waals surface area (Å²) >= 11 is 7.14. The van der Waals surface area contributed by atoms with E-state index in [1.165, 1.54) is 30.0 Å². The molecule has 0 aromatic heterocycles. The molecular formula is C21H21ClN2O6S. The summed E-state index contributed by atoms with van der Waals surface area (Å²) in [4.78, 5) is 47.0. The topological polar surface area (TPSA) is 133 Å². The number of aromatic carboxylic acids is 1. The molecule has 0 aliphatic heterocycles. The first-order valence-electron chi connectivity index (χ1n) is 9.31. The maximum absolute atomic E-state index is 12.7. The molecule has 0 saturated carbocycles. The fourth-order valence-electron chi connectivity index (χ4n) is 2.57. The average molecular weight is 465 g/mol. The van der Waals surface area contributed by atoms with Crippen LogP contribution in [-0.4, -0.2) is 39.2 Å². The van der Waals surface area contributed by atoms with E-state index < -0.39 is 23.1 Å². The molecule has 1 unspecified atom stereocenters. The van der Waals surface area contributed by atoms with Crippen LogP contribution in [0, 0.1) is 0 Å². The molecule has 0 radical (unpaired) electrons. The van der Waals surface area contributed by atoms with Gasteiger partial charge in [-0.1, -0.05) is 24.6 Å². The van der Waals surface area contributed by atoms with Gasteiger partial charge in [0.05, 0.1) is 22.3 Å². The van der Waals surface area contributed by atoms with Crippen molar-refractivity contribution < 1.29 is 29.4 Å². The average Bonchev–Trinajstić information content (AvgIpc) is 2.71. The Balaban J connectivity index is 2.04. The molecule has 164 valence electrons. The molecule has 2 aromatic carbocycles. The van der Waals surface area contributed by atoms with Gasteiger partial charge in [0.2, 0.25) is 11.8 Å². The number of aliphatic carboxylic acids is 1. The van der Waals surface area contributed by atoms with Crippen molar-refractivity contribution in [1.82, 2.24) is 0 Å². The maximum Gasteiger partial charge on any atom is 0.337 e. The van der Waals surface area contributed by atoms with Crippen molar-refractivity contribution in [3.63, 3.8) is 0 Å². The second-order valence-electron chi connectivity index (χ2n) is 6.47. The maximum atomic E-state index is 12.7. The first kappa shape index (κ1) is 24.2. The van der Waals surface area contributed by atoms with E-state index in [4.69, 9.17) is 21.8 Å². The summed E-state index contributed by atoms with van der Waals surface area (Å²) in [6.07, 6.45) is 0.115. The van der Waals surface area contributed by atoms with E-state index in [2.05, 4.69) is 10.6 Å². The van der Waals surface area contributed by atoms with Crippen molar-refractivity contribution in [2.75, 3.05) is 10.6 Å². The fourth-order valence-corrected chi connectivity index (χ4v) is 3.78. The van der Waals surface area contributed by atoms with E-state index in [-0.39, 0.29) is 29.3 Å². The highest BCUT2D eigenvalue weighted by Gasteiger charge is 2.19. The third-order valence-corrected chi connectivity index (χ3v) is 5.78. The van der Waals surface area contributed by atoms with Crippen molar-refractivity contribution in [3.05, 3.63) is 53.1 Å². The summed E-state index contributed by atoms with van der Waals surface area (Å²) < 4.78 is 0. The number of hydrogen-bond donors (Lipinski definition) is 4. The van der Waals surface area contributed by atoms with Crippen molar-refractivity contribution in [2.24, 2.45) is 0 Å². The van der Waals surface area contributed by atoms with Crippen LogP contribution >= 0.6 is 23.4 Å². The van der Waals surface area contributed by atoms with Gasteiger partial charge in [0.15, 0.2) is 0 Å². The quantitative estimate of drug-likeness (QED) is 0.384. The third-order valence-electron chi connectivity index (χ3n) is 4.09. The molecule has 10 heteroatoms. The van der Waals surface area contributed by atoms with Crippen molar-refractivity contribution in [2.45, 2.75) is 36.3 Å². The van der Waals surface area contributed by atoms with Crippen LogP contribution in [0.25, 0.3) is 0 Å². The van der Waals surface area contributed by atoms with Crippen LogP contribution in [0.4, 0.5) is 11.4 Å². The van der Waals surface area contributed by atoms with Gasteiger partial charge in [-0.2, -0.15) is 0 Å². The third kappa shape index (κ3) is 7.62. The number of anilines is 2. The monoisotopic (exact) mass is 464 g/mol. The molecule has 0 spiro atoms. The van der Waals surface area contributed by atoms with Crippen molar-refractivity contribution in [3.8, 4) is 0 Å². The fraction of sp³-hybridized carbons (Fsp3) is 0.238. The number of carboxylic acids is 2. The van der Waals surface area contributed by atoms with Gasteiger partial charge in [-0.15, -0.1) is 11.8 Å². The van der Waals surface area contributed by atoms with Crippen molar-refractivity contribution in [1.29, 1.82) is 0 Å². The summed E-state index contributed by atoms with van der Waals surface area (Å²) in [5, 5.41) is 22.8. The van der Waals surface area contributed by atoms with Gasteiger partial charge in [0.25, 0.3) is 0 Å². The number of rotatable bonds is 10. The lowest BCUT2D eigenvalue weighted by molar-refractivity contribution is -0.138. The molecule has 0 saturated heterocycles. The van der Waals surface area contributed by atoms with Crippen LogP contribution in [0.2, 0.25) is 5.02 Å². The van der Waals surface area contributed by atoms with Crippen LogP contribution in [0.15, 0.2) is 47.4 Å². The number of hydrogen-bond acceptors (Lipinski definition) is 5. The minimum Gasteiger partial charge on any atom is -0.481 e. The number of carboxylic acid groups (broad SMARTS) is 2. The number of carbonyl (C=O) groups is 4. The molecule has 1 atom stereocenters. The van der Waals surface area contributed by atoms with Gasteiger partial charge < -0.3 is 20.8 Å². The Morgan fingerprint density at radius 1 is 1.00 bits per heavy atom. The van der Waals surface area contributed by atoms with Gasteiger partial charge in [0.1, 0.15) is 0 Å². The molecule has 2 amide bonds. The van der Waals surface area contributed by atoms with Crippen LogP contribution < -0.4 is 10.6 Å². The Morgan fingerprint density at radius 2 is 1.71 bits per heavy atom. The van der Waals surface area contributed by atoms with E-state index in [1.807, 2.05) is 6.92 Å². The first-order valence-corrected chi connectivity index (χ1v) is 10.6. The number of thioether (sulfide) groups is 1. The largest absolute Gasteiger partial charge is 0.481 e. The van der Waals surface area contributed by atoms with E-state index in [9.17, 15) is 19.2 Å². The van der Waals surface area contributed by atoms with Gasteiger partial charge in [-0.05, 0) is 42.8 Å². The second-order valence-corrected chi connectivity index (χ2v) is 8.16.